The van der Waals surface area contributed by atoms with E-state index >= 15 is 0 Å². The van der Waals surface area contributed by atoms with Gasteiger partial charge >= 0.3 is 5.69 Å². The summed E-state index contributed by atoms with van der Waals surface area (Å²) >= 11 is 0. The summed E-state index contributed by atoms with van der Waals surface area (Å²) in [5.41, 5.74) is 10.4. The number of anilines is 2. The van der Waals surface area contributed by atoms with Gasteiger partial charge in [0.2, 0.25) is 17.5 Å². The number of amides is 1. The molecule has 9 nitrogen and oxygen atoms in total. The molecule has 0 aromatic carbocycles. The molecule has 4 N–H and O–H groups in total. The number of nitrogens with two attached hydrogens (primary N) is 2. The van der Waals surface area contributed by atoms with Crippen LogP contribution in [0.5, 0.6) is 0 Å². The number of nitrogen functional groups attached to an aromatic ring is 1. The Bertz CT molecular complexity index is 505. The van der Waals surface area contributed by atoms with E-state index in [2.05, 4.69) is 9.97 Å². The minimum absolute atomic E-state index is 0.135. The Labute approximate surface area is 102 Å². The van der Waals surface area contributed by atoms with Crippen LogP contribution in [-0.4, -0.2) is 33.9 Å². The fourth-order valence-electron chi connectivity index (χ4n) is 1.97. The van der Waals surface area contributed by atoms with Crippen molar-refractivity contribution in [1.82, 2.24) is 9.97 Å². The van der Waals surface area contributed by atoms with E-state index in [4.69, 9.17) is 11.5 Å². The molecule has 0 radical (unpaired) electrons. The highest BCUT2D eigenvalue weighted by Crippen LogP contribution is 2.32. The van der Waals surface area contributed by atoms with Gasteiger partial charge in [0.1, 0.15) is 6.33 Å². The number of primary amides is 1. The largest absolute Gasteiger partial charge is 0.378 e. The second kappa shape index (κ2) is 4.43. The number of carbonyl (C=O) groups excluding carboxylic acids is 1. The predicted octanol–water partition coefficient (Wildman–Crippen LogP) is -0.721. The Hall–Kier alpha value is -2.45. The molecule has 1 aliphatic heterocycles. The van der Waals surface area contributed by atoms with Crippen LogP contribution < -0.4 is 16.4 Å². The normalized spacial score (nSPS) is 18.9. The smallest absolute Gasteiger partial charge is 0.353 e. The molecule has 9 heteroatoms. The number of aromatic nitrogens is 2. The minimum atomic E-state index is -0.623. The van der Waals surface area contributed by atoms with Gasteiger partial charge in [-0.3, -0.25) is 14.9 Å². The first-order chi connectivity index (χ1) is 8.50. The monoisotopic (exact) mass is 252 g/mol. The van der Waals surface area contributed by atoms with E-state index in [0.29, 0.717) is 19.5 Å². The molecule has 1 aromatic heterocycles. The maximum atomic E-state index is 11.1. The Morgan fingerprint density at radius 2 is 2.28 bits per heavy atom. The molecule has 1 fully saturated rings. The lowest BCUT2D eigenvalue weighted by molar-refractivity contribution is -0.383. The van der Waals surface area contributed by atoms with Crippen molar-refractivity contribution < 1.29 is 9.72 Å². The lowest BCUT2D eigenvalue weighted by Gasteiger charge is -2.16. The molecule has 1 atom stereocenters. The predicted molar refractivity (Wildman–Crippen MR) is 62.6 cm³/mol. The molecule has 18 heavy (non-hydrogen) atoms. The Morgan fingerprint density at radius 1 is 1.56 bits per heavy atom. The fourth-order valence-corrected chi connectivity index (χ4v) is 1.97. The van der Waals surface area contributed by atoms with Crippen molar-refractivity contribution in [2.24, 2.45) is 11.7 Å². The van der Waals surface area contributed by atoms with Crippen LogP contribution in [0.15, 0.2) is 6.33 Å². The second-order valence-corrected chi connectivity index (χ2v) is 4.02. The molecule has 0 saturated carbocycles. The summed E-state index contributed by atoms with van der Waals surface area (Å²) in [5, 5.41) is 10.9. The Kier molecular flexibility index (Phi) is 2.96. The van der Waals surface area contributed by atoms with Crippen LogP contribution in [0.25, 0.3) is 0 Å². The topological polar surface area (TPSA) is 141 Å². The number of hydrogen-bond acceptors (Lipinski definition) is 7. The van der Waals surface area contributed by atoms with Crippen LogP contribution in [0.2, 0.25) is 0 Å². The van der Waals surface area contributed by atoms with E-state index < -0.39 is 10.8 Å². The lowest BCUT2D eigenvalue weighted by atomic mass is 10.1. The molecule has 2 heterocycles. The van der Waals surface area contributed by atoms with Gasteiger partial charge in [0.15, 0.2) is 0 Å². The van der Waals surface area contributed by atoms with Crippen molar-refractivity contribution in [3.8, 4) is 0 Å². The van der Waals surface area contributed by atoms with Crippen LogP contribution in [0.1, 0.15) is 6.42 Å². The first-order valence-electron chi connectivity index (χ1n) is 5.30. The van der Waals surface area contributed by atoms with Crippen molar-refractivity contribution in [3.63, 3.8) is 0 Å². The number of nitrogens with zero attached hydrogens (tertiary/aromatic N) is 4. The second-order valence-electron chi connectivity index (χ2n) is 4.02. The number of carbonyl (C=O) groups is 1. The summed E-state index contributed by atoms with van der Waals surface area (Å²) in [4.78, 5) is 30.5. The SMILES string of the molecule is NC(=O)C1CCN(c2ncnc(N)c2[N+](=O)[O-])C1. The van der Waals surface area contributed by atoms with Crippen molar-refractivity contribution in [2.75, 3.05) is 23.7 Å². The average molecular weight is 252 g/mol. The van der Waals surface area contributed by atoms with Crippen LogP contribution in [0.3, 0.4) is 0 Å². The van der Waals surface area contributed by atoms with Crippen LogP contribution >= 0.6 is 0 Å². The van der Waals surface area contributed by atoms with Gasteiger partial charge in [-0.2, -0.15) is 0 Å². The molecule has 1 saturated heterocycles. The number of rotatable bonds is 3. The summed E-state index contributed by atoms with van der Waals surface area (Å²) in [6.45, 7) is 0.789. The van der Waals surface area contributed by atoms with Gasteiger partial charge in [-0.05, 0) is 6.42 Å². The van der Waals surface area contributed by atoms with Crippen LogP contribution in [-0.2, 0) is 4.79 Å². The van der Waals surface area contributed by atoms with E-state index in [1.165, 1.54) is 0 Å². The van der Waals surface area contributed by atoms with E-state index in [-0.39, 0.29) is 23.2 Å². The third-order valence-electron chi connectivity index (χ3n) is 2.90. The van der Waals surface area contributed by atoms with Crippen LogP contribution in [0.4, 0.5) is 17.3 Å². The molecule has 96 valence electrons. The molecule has 1 unspecified atom stereocenters. The molecule has 0 bridgehead atoms. The molecule has 2 rings (SSSR count). The quantitative estimate of drug-likeness (QED) is 0.533. The summed E-state index contributed by atoms with van der Waals surface area (Å²) in [7, 11) is 0. The van der Waals surface area contributed by atoms with Gasteiger partial charge < -0.3 is 16.4 Å². The van der Waals surface area contributed by atoms with Crippen LogP contribution in [0, 0.1) is 16.0 Å². The zero-order chi connectivity index (χ0) is 13.3. The third-order valence-corrected chi connectivity index (χ3v) is 2.90. The van der Waals surface area contributed by atoms with Crippen molar-refractivity contribution >= 4 is 23.2 Å². The highest BCUT2D eigenvalue weighted by molar-refractivity contribution is 5.79. The van der Waals surface area contributed by atoms with E-state index in [1.54, 1.807) is 4.90 Å². The van der Waals surface area contributed by atoms with Gasteiger partial charge in [-0.25, -0.2) is 9.97 Å². The molecular formula is C9H12N6O3. The highest BCUT2D eigenvalue weighted by atomic mass is 16.6. The van der Waals surface area contributed by atoms with Gasteiger partial charge in [0.05, 0.1) is 10.8 Å². The van der Waals surface area contributed by atoms with Gasteiger partial charge in [0, 0.05) is 13.1 Å². The van der Waals surface area contributed by atoms with Gasteiger partial charge in [-0.15, -0.1) is 0 Å². The first-order valence-corrected chi connectivity index (χ1v) is 5.30. The summed E-state index contributed by atoms with van der Waals surface area (Å²) in [6, 6.07) is 0. The lowest BCUT2D eigenvalue weighted by Crippen LogP contribution is -2.28. The third kappa shape index (κ3) is 2.01. The molecule has 1 aliphatic rings. The molecule has 0 aliphatic carbocycles. The zero-order valence-electron chi connectivity index (χ0n) is 9.44. The first kappa shape index (κ1) is 12.0. The zero-order valence-corrected chi connectivity index (χ0v) is 9.44. The maximum Gasteiger partial charge on any atom is 0.353 e. The van der Waals surface area contributed by atoms with E-state index in [1.807, 2.05) is 0 Å². The van der Waals surface area contributed by atoms with Gasteiger partial charge in [-0.1, -0.05) is 0 Å². The molecule has 0 spiro atoms. The molecular weight excluding hydrogens is 240 g/mol. The van der Waals surface area contributed by atoms with Gasteiger partial charge in [0.25, 0.3) is 0 Å². The molecule has 1 aromatic rings. The maximum absolute atomic E-state index is 11.1. The number of nitro groups is 1. The van der Waals surface area contributed by atoms with E-state index in [0.717, 1.165) is 6.33 Å². The number of hydrogen-bond donors (Lipinski definition) is 2. The van der Waals surface area contributed by atoms with Crippen molar-refractivity contribution in [2.45, 2.75) is 6.42 Å². The highest BCUT2D eigenvalue weighted by Gasteiger charge is 2.33. The van der Waals surface area contributed by atoms with Crippen molar-refractivity contribution in [1.29, 1.82) is 0 Å². The fraction of sp³-hybridized carbons (Fsp3) is 0.444. The summed E-state index contributed by atoms with van der Waals surface area (Å²) < 4.78 is 0. The summed E-state index contributed by atoms with van der Waals surface area (Å²) in [5.74, 6) is -0.785. The summed E-state index contributed by atoms with van der Waals surface area (Å²) in [6.07, 6.45) is 1.71. The molecule has 1 amide bonds. The average Bonchev–Trinajstić information content (AvgIpc) is 2.77. The van der Waals surface area contributed by atoms with E-state index in [9.17, 15) is 14.9 Å². The minimum Gasteiger partial charge on any atom is -0.378 e. The Balaban J connectivity index is 2.32. The Morgan fingerprint density at radius 3 is 2.83 bits per heavy atom. The standard InChI is InChI=1S/C9H12N6O3/c10-7-6(15(17)18)9(13-4-12-7)14-2-1-5(3-14)8(11)16/h4-5H,1-3H2,(H2,11,16)(H2,10,12,13). The van der Waals surface area contributed by atoms with Crippen molar-refractivity contribution in [3.05, 3.63) is 16.4 Å².